The van der Waals surface area contributed by atoms with E-state index >= 15 is 0 Å². The lowest BCUT2D eigenvalue weighted by molar-refractivity contribution is -0.134. The Morgan fingerprint density at radius 2 is 2.00 bits per heavy atom. The van der Waals surface area contributed by atoms with Crippen molar-refractivity contribution in [1.82, 2.24) is 24.8 Å². The predicted octanol–water partition coefficient (Wildman–Crippen LogP) is 4.19. The Balaban J connectivity index is 1.29. The fraction of sp³-hybridized carbons (Fsp3) is 0.583. The molecule has 2 saturated heterocycles. The van der Waals surface area contributed by atoms with Crippen LogP contribution in [0.4, 0.5) is 0 Å². The monoisotopic (exact) mass is 437 g/mol. The molecule has 0 aliphatic carbocycles. The minimum atomic E-state index is 0.0105. The largest absolute Gasteiger partial charge is 0.379 e. The summed E-state index contributed by atoms with van der Waals surface area (Å²) in [5.74, 6) is 1.70. The maximum absolute atomic E-state index is 12.5. The molecule has 32 heavy (non-hydrogen) atoms. The van der Waals surface area contributed by atoms with Crippen molar-refractivity contribution in [3.63, 3.8) is 0 Å². The third kappa shape index (κ3) is 4.28. The summed E-state index contributed by atoms with van der Waals surface area (Å²) in [6, 6.07) is 6.43. The first-order valence-electron chi connectivity index (χ1n) is 11.5. The fourth-order valence-corrected chi connectivity index (χ4v) is 4.64. The van der Waals surface area contributed by atoms with Crippen molar-refractivity contribution in [2.75, 3.05) is 26.3 Å². The van der Waals surface area contributed by atoms with Crippen molar-refractivity contribution in [1.29, 1.82) is 0 Å². The predicted molar refractivity (Wildman–Crippen MR) is 120 cm³/mol. The molecule has 1 amide bonds. The van der Waals surface area contributed by atoms with Crippen molar-refractivity contribution in [3.8, 4) is 11.4 Å². The molecule has 2 aliphatic heterocycles. The lowest BCUT2D eigenvalue weighted by atomic mass is 9.90. The van der Waals surface area contributed by atoms with Crippen molar-refractivity contribution in [2.45, 2.75) is 58.4 Å². The van der Waals surface area contributed by atoms with Gasteiger partial charge in [0, 0.05) is 43.0 Å². The number of hydrogen-bond acceptors (Lipinski definition) is 6. The second-order valence-corrected chi connectivity index (χ2v) is 10.2. The standard InChI is InChI=1S/C24H31N5O3/c1-24(2,3)13-21(30)28-9-6-16(7-10-28)23-26-22(27-32-23)17-4-5-18-14-25-29(20(18)12-17)19-8-11-31-15-19/h4-5,12,14,16,19H,6-11,13,15H2,1-3H3. The molecule has 8 nitrogen and oxygen atoms in total. The maximum Gasteiger partial charge on any atom is 0.230 e. The van der Waals surface area contributed by atoms with Crippen molar-refractivity contribution >= 4 is 16.8 Å². The van der Waals surface area contributed by atoms with Gasteiger partial charge >= 0.3 is 0 Å². The number of fused-ring (bicyclic) bond motifs is 1. The number of carbonyl (C=O) groups excluding carboxylic acids is 1. The van der Waals surface area contributed by atoms with Crippen LogP contribution in [0.3, 0.4) is 0 Å². The zero-order chi connectivity index (χ0) is 22.3. The Labute approximate surface area is 187 Å². The van der Waals surface area contributed by atoms with Crippen LogP contribution in [0.1, 0.15) is 64.3 Å². The number of nitrogens with zero attached hydrogens (tertiary/aromatic N) is 5. The van der Waals surface area contributed by atoms with E-state index in [1.54, 1.807) is 0 Å². The minimum Gasteiger partial charge on any atom is -0.379 e. The third-order valence-corrected chi connectivity index (χ3v) is 6.43. The molecular formula is C24H31N5O3. The van der Waals surface area contributed by atoms with Gasteiger partial charge in [0.15, 0.2) is 0 Å². The lowest BCUT2D eigenvalue weighted by Gasteiger charge is -2.32. The smallest absolute Gasteiger partial charge is 0.230 e. The van der Waals surface area contributed by atoms with Crippen LogP contribution in [-0.2, 0) is 9.53 Å². The van der Waals surface area contributed by atoms with Crippen LogP contribution >= 0.6 is 0 Å². The zero-order valence-corrected chi connectivity index (χ0v) is 19.1. The van der Waals surface area contributed by atoms with Crippen LogP contribution in [0.5, 0.6) is 0 Å². The Kier molecular flexibility index (Phi) is 5.49. The number of ether oxygens (including phenoxy) is 1. The fourth-order valence-electron chi connectivity index (χ4n) is 4.64. The van der Waals surface area contributed by atoms with Gasteiger partial charge in [-0.05, 0) is 30.7 Å². The lowest BCUT2D eigenvalue weighted by Crippen LogP contribution is -2.39. The molecule has 3 aromatic rings. The average Bonchev–Trinajstić information content (AvgIpc) is 3.52. The van der Waals surface area contributed by atoms with Crippen LogP contribution in [0.15, 0.2) is 28.9 Å². The number of rotatable bonds is 4. The van der Waals surface area contributed by atoms with Gasteiger partial charge in [-0.25, -0.2) is 0 Å². The molecule has 0 radical (unpaired) electrons. The van der Waals surface area contributed by atoms with Crippen LogP contribution in [0.25, 0.3) is 22.3 Å². The molecule has 4 heterocycles. The Morgan fingerprint density at radius 1 is 1.19 bits per heavy atom. The van der Waals surface area contributed by atoms with Gasteiger partial charge in [-0.3, -0.25) is 9.48 Å². The second kappa shape index (κ2) is 8.31. The molecule has 2 aliphatic rings. The molecule has 2 fully saturated rings. The zero-order valence-electron chi connectivity index (χ0n) is 19.1. The summed E-state index contributed by atoms with van der Waals surface area (Å²) in [5.41, 5.74) is 2.00. The summed E-state index contributed by atoms with van der Waals surface area (Å²) in [5, 5.41) is 9.93. The first-order valence-corrected chi connectivity index (χ1v) is 11.5. The van der Waals surface area contributed by atoms with Gasteiger partial charge in [-0.2, -0.15) is 10.1 Å². The number of amides is 1. The van der Waals surface area contributed by atoms with Gasteiger partial charge in [0.2, 0.25) is 17.6 Å². The van der Waals surface area contributed by atoms with Crippen LogP contribution in [-0.4, -0.2) is 57.0 Å². The molecule has 2 aromatic heterocycles. The summed E-state index contributed by atoms with van der Waals surface area (Å²) in [7, 11) is 0. The van der Waals surface area contributed by atoms with E-state index in [9.17, 15) is 4.79 Å². The molecule has 8 heteroatoms. The van der Waals surface area contributed by atoms with E-state index in [4.69, 9.17) is 14.2 Å². The molecule has 0 spiro atoms. The van der Waals surface area contributed by atoms with E-state index in [0.717, 1.165) is 55.4 Å². The van der Waals surface area contributed by atoms with Gasteiger partial charge in [-0.15, -0.1) is 0 Å². The van der Waals surface area contributed by atoms with E-state index < -0.39 is 0 Å². The highest BCUT2D eigenvalue weighted by atomic mass is 16.5. The quantitative estimate of drug-likeness (QED) is 0.608. The summed E-state index contributed by atoms with van der Waals surface area (Å²) >= 11 is 0. The van der Waals surface area contributed by atoms with Crippen LogP contribution in [0, 0.1) is 5.41 Å². The Morgan fingerprint density at radius 3 is 2.72 bits per heavy atom. The van der Waals surface area contributed by atoms with Crippen molar-refractivity contribution in [3.05, 3.63) is 30.3 Å². The summed E-state index contributed by atoms with van der Waals surface area (Å²) in [6.07, 6.45) is 5.16. The van der Waals surface area contributed by atoms with Gasteiger partial charge in [-0.1, -0.05) is 38.1 Å². The Hall–Kier alpha value is -2.74. The van der Waals surface area contributed by atoms with Gasteiger partial charge in [0.1, 0.15) is 0 Å². The first-order chi connectivity index (χ1) is 15.4. The van der Waals surface area contributed by atoms with Gasteiger partial charge in [0.05, 0.1) is 24.4 Å². The highest BCUT2D eigenvalue weighted by molar-refractivity contribution is 5.83. The second-order valence-electron chi connectivity index (χ2n) is 10.2. The number of piperidine rings is 1. The van der Waals surface area contributed by atoms with E-state index in [-0.39, 0.29) is 23.3 Å². The average molecular weight is 438 g/mol. The van der Waals surface area contributed by atoms with E-state index in [1.807, 2.05) is 17.2 Å². The van der Waals surface area contributed by atoms with E-state index in [0.29, 0.717) is 24.7 Å². The van der Waals surface area contributed by atoms with E-state index in [1.165, 1.54) is 0 Å². The number of aromatic nitrogens is 4. The molecule has 1 aromatic carbocycles. The number of likely N-dealkylation sites (tertiary alicyclic amines) is 1. The van der Waals surface area contributed by atoms with Crippen LogP contribution in [0.2, 0.25) is 0 Å². The van der Waals surface area contributed by atoms with Crippen LogP contribution < -0.4 is 0 Å². The minimum absolute atomic E-state index is 0.0105. The highest BCUT2D eigenvalue weighted by Crippen LogP contribution is 2.31. The van der Waals surface area contributed by atoms with Gasteiger partial charge < -0.3 is 14.2 Å². The Bertz CT molecular complexity index is 1100. The SMILES string of the molecule is CC(C)(C)CC(=O)N1CCC(c2nc(-c3ccc4cnn(C5CCOC5)c4c3)no2)CC1. The van der Waals surface area contributed by atoms with Crippen molar-refractivity contribution < 1.29 is 14.1 Å². The number of carbonyl (C=O) groups is 1. The topological polar surface area (TPSA) is 86.3 Å². The molecular weight excluding hydrogens is 406 g/mol. The molecule has 1 atom stereocenters. The molecule has 0 bridgehead atoms. The normalized spacial score (nSPS) is 20.3. The number of benzene rings is 1. The van der Waals surface area contributed by atoms with Crippen molar-refractivity contribution in [2.24, 2.45) is 5.41 Å². The first kappa shape index (κ1) is 21.1. The summed E-state index contributed by atoms with van der Waals surface area (Å²) in [6.45, 7) is 9.26. The molecule has 0 saturated carbocycles. The maximum atomic E-state index is 12.5. The highest BCUT2D eigenvalue weighted by Gasteiger charge is 2.29. The van der Waals surface area contributed by atoms with E-state index in [2.05, 4.69) is 47.8 Å². The molecule has 0 N–H and O–H groups in total. The summed E-state index contributed by atoms with van der Waals surface area (Å²) < 4.78 is 13.2. The number of hydrogen-bond donors (Lipinski definition) is 0. The summed E-state index contributed by atoms with van der Waals surface area (Å²) in [4.78, 5) is 19.2. The third-order valence-electron chi connectivity index (χ3n) is 6.43. The molecule has 1 unspecified atom stereocenters. The molecule has 5 rings (SSSR count). The van der Waals surface area contributed by atoms with Gasteiger partial charge in [0.25, 0.3) is 0 Å². The molecule has 170 valence electrons.